The zero-order valence-corrected chi connectivity index (χ0v) is 11.0. The molecule has 94 valence electrons. The van der Waals surface area contributed by atoms with Crippen LogP contribution in [0.4, 0.5) is 0 Å². The first kappa shape index (κ1) is 12.0. The molecule has 3 rings (SSSR count). The Morgan fingerprint density at radius 2 is 1.53 bits per heavy atom. The lowest BCUT2D eigenvalue weighted by atomic mass is 9.96. The lowest BCUT2D eigenvalue weighted by Crippen LogP contribution is -1.86. The standard InChI is InChI=1S/C19H18/c1-2-5-10-16(9-4-1)18-13-8-14-19(15-18)17-11-6-3-7-12-17/h1,3-4,6-9,11-15H,2,5,10H2. The van der Waals surface area contributed by atoms with E-state index in [1.165, 1.54) is 41.5 Å². The first-order chi connectivity index (χ1) is 9.43. The molecule has 0 amide bonds. The predicted octanol–water partition coefficient (Wildman–Crippen LogP) is 5.48. The van der Waals surface area contributed by atoms with Crippen molar-refractivity contribution in [3.05, 3.63) is 78.4 Å². The zero-order chi connectivity index (χ0) is 12.9. The number of allylic oxidation sites excluding steroid dienone is 4. The maximum atomic E-state index is 2.31. The molecule has 0 spiro atoms. The predicted molar refractivity (Wildman–Crippen MR) is 82.8 cm³/mol. The minimum Gasteiger partial charge on any atom is -0.0845 e. The van der Waals surface area contributed by atoms with Crippen molar-refractivity contribution in [1.82, 2.24) is 0 Å². The summed E-state index contributed by atoms with van der Waals surface area (Å²) in [4.78, 5) is 0. The van der Waals surface area contributed by atoms with Crippen LogP contribution in [0.5, 0.6) is 0 Å². The number of hydrogen-bond donors (Lipinski definition) is 0. The van der Waals surface area contributed by atoms with Crippen LogP contribution in [0.3, 0.4) is 0 Å². The third kappa shape index (κ3) is 2.85. The van der Waals surface area contributed by atoms with Crippen molar-refractivity contribution < 1.29 is 0 Å². The van der Waals surface area contributed by atoms with Gasteiger partial charge in [0.25, 0.3) is 0 Å². The highest BCUT2D eigenvalue weighted by molar-refractivity contribution is 5.73. The van der Waals surface area contributed by atoms with Crippen molar-refractivity contribution in [2.75, 3.05) is 0 Å². The molecule has 0 aromatic heterocycles. The smallest absolute Gasteiger partial charge is 0.0178 e. The van der Waals surface area contributed by atoms with Crippen LogP contribution in [-0.2, 0) is 0 Å². The average Bonchev–Trinajstić information content (AvgIpc) is 2.77. The van der Waals surface area contributed by atoms with Crippen molar-refractivity contribution in [2.24, 2.45) is 0 Å². The molecule has 0 radical (unpaired) electrons. The van der Waals surface area contributed by atoms with Gasteiger partial charge in [0.1, 0.15) is 0 Å². The molecule has 0 heterocycles. The minimum absolute atomic E-state index is 1.17. The summed E-state index contributed by atoms with van der Waals surface area (Å²) in [6.07, 6.45) is 10.3. The maximum Gasteiger partial charge on any atom is -0.0178 e. The fraction of sp³-hybridized carbons (Fsp3) is 0.158. The van der Waals surface area contributed by atoms with E-state index in [-0.39, 0.29) is 0 Å². The molecule has 0 fully saturated rings. The Hall–Kier alpha value is -2.08. The first-order valence-corrected chi connectivity index (χ1v) is 6.95. The molecule has 0 saturated carbocycles. The van der Waals surface area contributed by atoms with Crippen molar-refractivity contribution in [2.45, 2.75) is 19.3 Å². The molecule has 1 aliphatic carbocycles. The third-order valence-electron chi connectivity index (χ3n) is 3.59. The SMILES string of the molecule is C1=CCCCC(c2cccc(-c3ccccc3)c2)=C1. The third-order valence-corrected chi connectivity index (χ3v) is 3.59. The van der Waals surface area contributed by atoms with Crippen molar-refractivity contribution in [3.8, 4) is 11.1 Å². The topological polar surface area (TPSA) is 0 Å². The highest BCUT2D eigenvalue weighted by Crippen LogP contribution is 2.27. The van der Waals surface area contributed by atoms with Gasteiger partial charge in [-0.05, 0) is 47.6 Å². The van der Waals surface area contributed by atoms with E-state index in [4.69, 9.17) is 0 Å². The Morgan fingerprint density at radius 3 is 2.42 bits per heavy atom. The van der Waals surface area contributed by atoms with E-state index in [1.807, 2.05) is 0 Å². The van der Waals surface area contributed by atoms with Gasteiger partial charge in [0.05, 0.1) is 0 Å². The summed E-state index contributed by atoms with van der Waals surface area (Å²) in [5, 5.41) is 0. The molecule has 0 N–H and O–H groups in total. The fourth-order valence-corrected chi connectivity index (χ4v) is 2.54. The maximum absolute atomic E-state index is 2.31. The Labute approximate surface area is 115 Å². The first-order valence-electron chi connectivity index (χ1n) is 6.95. The van der Waals surface area contributed by atoms with Crippen LogP contribution < -0.4 is 0 Å². The van der Waals surface area contributed by atoms with Gasteiger partial charge in [-0.15, -0.1) is 0 Å². The van der Waals surface area contributed by atoms with Crippen LogP contribution in [0.1, 0.15) is 24.8 Å². The van der Waals surface area contributed by atoms with Crippen LogP contribution in [-0.4, -0.2) is 0 Å². The van der Waals surface area contributed by atoms with E-state index in [9.17, 15) is 0 Å². The van der Waals surface area contributed by atoms with Crippen molar-refractivity contribution in [1.29, 1.82) is 0 Å². The summed E-state index contributed by atoms with van der Waals surface area (Å²) in [5.74, 6) is 0. The molecule has 0 saturated heterocycles. The van der Waals surface area contributed by atoms with Gasteiger partial charge in [-0.1, -0.05) is 66.8 Å². The molecule has 0 aliphatic heterocycles. The zero-order valence-electron chi connectivity index (χ0n) is 11.0. The highest BCUT2D eigenvalue weighted by Gasteiger charge is 2.04. The molecule has 0 unspecified atom stereocenters. The van der Waals surface area contributed by atoms with Crippen LogP contribution in [0.25, 0.3) is 16.7 Å². The molecule has 1 aliphatic rings. The van der Waals surface area contributed by atoms with E-state index in [0.29, 0.717) is 0 Å². The summed E-state index contributed by atoms with van der Waals surface area (Å²) in [6.45, 7) is 0. The van der Waals surface area contributed by atoms with Crippen LogP contribution in [0.15, 0.2) is 72.8 Å². The van der Waals surface area contributed by atoms with E-state index in [2.05, 4.69) is 72.8 Å². The molecular formula is C19H18. The van der Waals surface area contributed by atoms with E-state index < -0.39 is 0 Å². The van der Waals surface area contributed by atoms with Gasteiger partial charge in [0, 0.05) is 0 Å². The quantitative estimate of drug-likeness (QED) is 0.658. The summed E-state index contributed by atoms with van der Waals surface area (Å²) in [7, 11) is 0. The van der Waals surface area contributed by atoms with Gasteiger partial charge in [-0.25, -0.2) is 0 Å². The second-order valence-electron chi connectivity index (χ2n) is 4.96. The molecule has 0 bridgehead atoms. The van der Waals surface area contributed by atoms with Crippen molar-refractivity contribution in [3.63, 3.8) is 0 Å². The largest absolute Gasteiger partial charge is 0.0845 e. The van der Waals surface area contributed by atoms with Crippen LogP contribution in [0.2, 0.25) is 0 Å². The monoisotopic (exact) mass is 246 g/mol. The Bertz CT molecular complexity index is 603. The van der Waals surface area contributed by atoms with Crippen molar-refractivity contribution >= 4 is 5.57 Å². The Kier molecular flexibility index (Phi) is 3.60. The van der Waals surface area contributed by atoms with Crippen LogP contribution >= 0.6 is 0 Å². The van der Waals surface area contributed by atoms with Gasteiger partial charge in [0.15, 0.2) is 0 Å². The van der Waals surface area contributed by atoms with Gasteiger partial charge >= 0.3 is 0 Å². The normalized spacial score (nSPS) is 14.8. The molecular weight excluding hydrogens is 228 g/mol. The molecule has 0 atom stereocenters. The van der Waals surface area contributed by atoms with Gasteiger partial charge in [-0.3, -0.25) is 0 Å². The fourth-order valence-electron chi connectivity index (χ4n) is 2.54. The highest BCUT2D eigenvalue weighted by atomic mass is 14.1. The minimum atomic E-state index is 1.17. The molecule has 19 heavy (non-hydrogen) atoms. The van der Waals surface area contributed by atoms with Gasteiger partial charge < -0.3 is 0 Å². The summed E-state index contributed by atoms with van der Waals surface area (Å²) in [5.41, 5.74) is 5.39. The lowest BCUT2D eigenvalue weighted by molar-refractivity contribution is 0.886. The summed E-state index contributed by atoms with van der Waals surface area (Å²) >= 11 is 0. The van der Waals surface area contributed by atoms with Gasteiger partial charge in [-0.2, -0.15) is 0 Å². The summed E-state index contributed by atoms with van der Waals surface area (Å²) < 4.78 is 0. The van der Waals surface area contributed by atoms with Gasteiger partial charge in [0.2, 0.25) is 0 Å². The second-order valence-corrected chi connectivity index (χ2v) is 4.96. The van der Waals surface area contributed by atoms with E-state index in [1.54, 1.807) is 0 Å². The molecule has 0 nitrogen and oxygen atoms in total. The molecule has 2 aromatic rings. The van der Waals surface area contributed by atoms with Crippen LogP contribution in [0, 0.1) is 0 Å². The second kappa shape index (κ2) is 5.71. The van der Waals surface area contributed by atoms with E-state index >= 15 is 0 Å². The Morgan fingerprint density at radius 1 is 0.737 bits per heavy atom. The number of benzene rings is 2. The Balaban J connectivity index is 1.96. The molecule has 2 aromatic carbocycles. The average molecular weight is 246 g/mol. The lowest BCUT2D eigenvalue weighted by Gasteiger charge is -2.08. The summed E-state index contributed by atoms with van der Waals surface area (Å²) in [6, 6.07) is 19.5. The number of rotatable bonds is 2. The van der Waals surface area contributed by atoms with E-state index in [0.717, 1.165) is 0 Å². The number of hydrogen-bond acceptors (Lipinski definition) is 0. The molecule has 0 heteroatoms.